The average Bonchev–Trinajstić information content (AvgIpc) is 2.41. The van der Waals surface area contributed by atoms with Crippen LogP contribution in [0.1, 0.15) is 5.56 Å². The second-order valence-electron chi connectivity index (χ2n) is 4.24. The number of rotatable bonds is 2. The van der Waals surface area contributed by atoms with E-state index in [0.717, 1.165) is 6.07 Å². The zero-order valence-corrected chi connectivity index (χ0v) is 12.7. The van der Waals surface area contributed by atoms with Gasteiger partial charge in [0.05, 0.1) is 26.1 Å². The van der Waals surface area contributed by atoms with Gasteiger partial charge in [-0.05, 0) is 24.3 Å². The van der Waals surface area contributed by atoms with E-state index in [9.17, 15) is 23.3 Å². The number of nitrogens with zero attached hydrogens (tertiary/aromatic N) is 1. The molecular formula is C13H5Cl3F3NO2. The fraction of sp³-hybridized carbons (Fsp3) is 0.0769. The maximum absolute atomic E-state index is 12.8. The molecule has 0 saturated heterocycles. The Labute approximate surface area is 137 Å². The summed E-state index contributed by atoms with van der Waals surface area (Å²) >= 11 is 17.6. The highest BCUT2D eigenvalue weighted by atomic mass is 35.5. The number of halogens is 6. The van der Waals surface area contributed by atoms with Gasteiger partial charge in [0.15, 0.2) is 0 Å². The molecule has 22 heavy (non-hydrogen) atoms. The van der Waals surface area contributed by atoms with E-state index < -0.39 is 22.4 Å². The van der Waals surface area contributed by atoms with Gasteiger partial charge in [-0.15, -0.1) is 0 Å². The maximum Gasteiger partial charge on any atom is 0.416 e. The number of nitro groups is 1. The first-order valence-corrected chi connectivity index (χ1v) is 6.75. The lowest BCUT2D eigenvalue weighted by atomic mass is 10.0. The molecule has 116 valence electrons. The Balaban J connectivity index is 2.80. The summed E-state index contributed by atoms with van der Waals surface area (Å²) in [6.45, 7) is 0. The summed E-state index contributed by atoms with van der Waals surface area (Å²) in [6, 6.07) is 4.55. The minimum absolute atomic E-state index is 0.0177. The second kappa shape index (κ2) is 5.95. The molecule has 0 atom stereocenters. The van der Waals surface area contributed by atoms with Gasteiger partial charge < -0.3 is 0 Å². The van der Waals surface area contributed by atoms with E-state index in [1.54, 1.807) is 0 Å². The van der Waals surface area contributed by atoms with Gasteiger partial charge in [-0.1, -0.05) is 34.8 Å². The molecule has 0 unspecified atom stereocenters. The zero-order chi connectivity index (χ0) is 16.7. The third kappa shape index (κ3) is 3.29. The van der Waals surface area contributed by atoms with Crippen molar-refractivity contribution in [2.24, 2.45) is 0 Å². The van der Waals surface area contributed by atoms with Gasteiger partial charge in [0, 0.05) is 16.7 Å². The second-order valence-corrected chi connectivity index (χ2v) is 5.46. The van der Waals surface area contributed by atoms with E-state index in [0.29, 0.717) is 12.1 Å². The predicted molar refractivity (Wildman–Crippen MR) is 78.6 cm³/mol. The number of alkyl halides is 3. The van der Waals surface area contributed by atoms with E-state index in [-0.39, 0.29) is 26.2 Å². The monoisotopic (exact) mass is 369 g/mol. The molecule has 2 rings (SSSR count). The van der Waals surface area contributed by atoms with E-state index in [1.807, 2.05) is 0 Å². The van der Waals surface area contributed by atoms with Crippen molar-refractivity contribution in [3.63, 3.8) is 0 Å². The summed E-state index contributed by atoms with van der Waals surface area (Å²) < 4.78 is 38.5. The Bertz CT molecular complexity index is 763. The van der Waals surface area contributed by atoms with E-state index in [1.165, 1.54) is 12.1 Å². The summed E-state index contributed by atoms with van der Waals surface area (Å²) in [5.41, 5.74) is -1.93. The van der Waals surface area contributed by atoms with E-state index in [4.69, 9.17) is 34.8 Å². The fourth-order valence-corrected chi connectivity index (χ4v) is 2.54. The molecule has 0 aliphatic rings. The van der Waals surface area contributed by atoms with Crippen LogP contribution in [0.25, 0.3) is 11.1 Å². The molecule has 9 heteroatoms. The third-order valence-corrected chi connectivity index (χ3v) is 3.82. The van der Waals surface area contributed by atoms with Gasteiger partial charge in [-0.25, -0.2) is 0 Å². The third-order valence-electron chi connectivity index (χ3n) is 2.80. The van der Waals surface area contributed by atoms with Crippen LogP contribution in [0.3, 0.4) is 0 Å². The van der Waals surface area contributed by atoms with Gasteiger partial charge in [-0.2, -0.15) is 13.2 Å². The molecule has 0 bridgehead atoms. The highest BCUT2D eigenvalue weighted by Crippen LogP contribution is 2.42. The number of benzene rings is 2. The maximum atomic E-state index is 12.8. The summed E-state index contributed by atoms with van der Waals surface area (Å²) in [4.78, 5) is 10.2. The highest BCUT2D eigenvalue weighted by molar-refractivity contribution is 6.45. The summed E-state index contributed by atoms with van der Waals surface area (Å²) in [5, 5.41) is 11.0. The summed E-state index contributed by atoms with van der Waals surface area (Å²) in [7, 11) is 0. The van der Waals surface area contributed by atoms with Crippen molar-refractivity contribution in [2.75, 3.05) is 0 Å². The summed E-state index contributed by atoms with van der Waals surface area (Å²) in [6.07, 6.45) is -4.65. The Morgan fingerprint density at radius 2 is 1.64 bits per heavy atom. The van der Waals surface area contributed by atoms with Crippen molar-refractivity contribution in [3.05, 3.63) is 61.1 Å². The first kappa shape index (κ1) is 16.9. The first-order valence-electron chi connectivity index (χ1n) is 5.62. The largest absolute Gasteiger partial charge is 0.416 e. The van der Waals surface area contributed by atoms with Crippen LogP contribution in [0.15, 0.2) is 30.3 Å². The van der Waals surface area contributed by atoms with Crippen LogP contribution in [-0.4, -0.2) is 4.92 Å². The average molecular weight is 371 g/mol. The molecule has 3 nitrogen and oxygen atoms in total. The molecule has 0 N–H and O–H groups in total. The molecule has 0 aromatic heterocycles. The SMILES string of the molecule is O=[N+]([O-])c1ccc(C(F)(F)F)cc1-c1cc(Cl)cc(Cl)c1Cl. The van der Waals surface area contributed by atoms with Crippen LogP contribution in [0.2, 0.25) is 15.1 Å². The Hall–Kier alpha value is -1.50. The minimum Gasteiger partial charge on any atom is -0.258 e. The number of hydrogen-bond acceptors (Lipinski definition) is 2. The molecule has 2 aromatic carbocycles. The highest BCUT2D eigenvalue weighted by Gasteiger charge is 2.33. The smallest absolute Gasteiger partial charge is 0.258 e. The Kier molecular flexibility index (Phi) is 4.56. The van der Waals surface area contributed by atoms with Crippen LogP contribution in [0.4, 0.5) is 18.9 Å². The van der Waals surface area contributed by atoms with Crippen molar-refractivity contribution in [3.8, 4) is 11.1 Å². The van der Waals surface area contributed by atoms with Gasteiger partial charge in [0.1, 0.15) is 0 Å². The zero-order valence-electron chi connectivity index (χ0n) is 10.4. The quantitative estimate of drug-likeness (QED) is 0.357. The first-order chi connectivity index (χ1) is 10.1. The fourth-order valence-electron chi connectivity index (χ4n) is 1.84. The van der Waals surface area contributed by atoms with Crippen LogP contribution in [0, 0.1) is 10.1 Å². The molecule has 0 radical (unpaired) electrons. The van der Waals surface area contributed by atoms with Crippen molar-refractivity contribution in [1.82, 2.24) is 0 Å². The van der Waals surface area contributed by atoms with E-state index >= 15 is 0 Å². The van der Waals surface area contributed by atoms with Crippen LogP contribution in [0.5, 0.6) is 0 Å². The van der Waals surface area contributed by atoms with Gasteiger partial charge in [0.25, 0.3) is 5.69 Å². The van der Waals surface area contributed by atoms with E-state index in [2.05, 4.69) is 0 Å². The molecule has 0 heterocycles. The van der Waals surface area contributed by atoms with Crippen molar-refractivity contribution in [1.29, 1.82) is 0 Å². The molecule has 0 aliphatic heterocycles. The molecule has 0 spiro atoms. The molecular weight excluding hydrogens is 366 g/mol. The van der Waals surface area contributed by atoms with Crippen molar-refractivity contribution >= 4 is 40.5 Å². The van der Waals surface area contributed by atoms with Gasteiger partial charge in [-0.3, -0.25) is 10.1 Å². The van der Waals surface area contributed by atoms with Crippen molar-refractivity contribution in [2.45, 2.75) is 6.18 Å². The van der Waals surface area contributed by atoms with Crippen LogP contribution < -0.4 is 0 Å². The molecule has 0 fully saturated rings. The Morgan fingerprint density at radius 1 is 1.00 bits per heavy atom. The standard InChI is InChI=1S/C13H5Cl3F3NO2/c14-7-4-9(12(16)10(15)5-7)8-3-6(13(17,18)19)1-2-11(8)20(21)22/h1-5H. The number of nitro benzene ring substituents is 1. The van der Waals surface area contributed by atoms with Crippen molar-refractivity contribution < 1.29 is 18.1 Å². The lowest BCUT2D eigenvalue weighted by Crippen LogP contribution is -2.06. The predicted octanol–water partition coefficient (Wildman–Crippen LogP) is 6.24. The molecule has 0 aliphatic carbocycles. The summed E-state index contributed by atoms with van der Waals surface area (Å²) in [5.74, 6) is 0. The lowest BCUT2D eigenvalue weighted by molar-refractivity contribution is -0.384. The van der Waals surface area contributed by atoms with Gasteiger partial charge >= 0.3 is 6.18 Å². The van der Waals surface area contributed by atoms with Crippen LogP contribution >= 0.6 is 34.8 Å². The Morgan fingerprint density at radius 3 is 2.18 bits per heavy atom. The van der Waals surface area contributed by atoms with Crippen LogP contribution in [-0.2, 0) is 6.18 Å². The lowest BCUT2D eigenvalue weighted by Gasteiger charge is -2.11. The minimum atomic E-state index is -4.65. The topological polar surface area (TPSA) is 43.1 Å². The molecule has 2 aromatic rings. The number of hydrogen-bond donors (Lipinski definition) is 0. The normalized spacial score (nSPS) is 11.5. The van der Waals surface area contributed by atoms with Gasteiger partial charge in [0.2, 0.25) is 0 Å². The molecule has 0 saturated carbocycles. The molecule has 0 amide bonds.